The van der Waals surface area contributed by atoms with E-state index in [1.165, 1.54) is 0 Å². The highest BCUT2D eigenvalue weighted by molar-refractivity contribution is 9.10. The van der Waals surface area contributed by atoms with Crippen molar-refractivity contribution in [2.75, 3.05) is 38.0 Å². The van der Waals surface area contributed by atoms with Gasteiger partial charge in [0.15, 0.2) is 0 Å². The van der Waals surface area contributed by atoms with Crippen molar-refractivity contribution >= 4 is 33.6 Å². The van der Waals surface area contributed by atoms with Crippen LogP contribution >= 0.6 is 15.9 Å². The molecule has 1 aromatic heterocycles. The Morgan fingerprint density at radius 1 is 1.43 bits per heavy atom. The lowest BCUT2D eigenvalue weighted by Crippen LogP contribution is -2.46. The van der Waals surface area contributed by atoms with Crippen LogP contribution in [-0.2, 0) is 9.59 Å². The van der Waals surface area contributed by atoms with Gasteiger partial charge in [-0.15, -0.1) is 0 Å². The number of nitrogens with zero attached hydrogens (tertiary/aromatic N) is 2. The van der Waals surface area contributed by atoms with Gasteiger partial charge in [-0.25, -0.2) is 4.98 Å². The summed E-state index contributed by atoms with van der Waals surface area (Å²) >= 11 is 3.30. The van der Waals surface area contributed by atoms with E-state index in [2.05, 4.69) is 31.5 Å². The molecule has 1 unspecified atom stereocenters. The topological polar surface area (TPSA) is 100 Å². The van der Waals surface area contributed by atoms with Crippen LogP contribution in [0.25, 0.3) is 0 Å². The molecule has 2 amide bonds. The molecule has 23 heavy (non-hydrogen) atoms. The zero-order chi connectivity index (χ0) is 16.7. The monoisotopic (exact) mass is 383 g/mol. The van der Waals surface area contributed by atoms with Crippen LogP contribution in [0.4, 0.5) is 5.82 Å². The highest BCUT2D eigenvalue weighted by Gasteiger charge is 2.26. The summed E-state index contributed by atoms with van der Waals surface area (Å²) in [6.45, 7) is 2.60. The molecule has 0 aliphatic carbocycles. The number of hydrogen-bond donors (Lipinski definition) is 3. The average Bonchev–Trinajstić information content (AvgIpc) is 2.55. The van der Waals surface area contributed by atoms with Gasteiger partial charge in [-0.05, 0) is 47.4 Å². The molecule has 1 saturated heterocycles. The Labute approximate surface area is 144 Å². The Bertz CT molecular complexity index is 537. The predicted molar refractivity (Wildman–Crippen MR) is 91.8 cm³/mol. The summed E-state index contributed by atoms with van der Waals surface area (Å²) in [5.41, 5.74) is 5.40. The number of anilines is 1. The smallest absolute Gasteiger partial charge is 0.239 e. The van der Waals surface area contributed by atoms with E-state index in [0.29, 0.717) is 25.5 Å². The van der Waals surface area contributed by atoms with Crippen molar-refractivity contribution < 1.29 is 9.59 Å². The van der Waals surface area contributed by atoms with Crippen molar-refractivity contribution in [1.82, 2.24) is 15.2 Å². The van der Waals surface area contributed by atoms with Gasteiger partial charge in [-0.2, -0.15) is 0 Å². The summed E-state index contributed by atoms with van der Waals surface area (Å²) in [5, 5.41) is 5.58. The molecule has 0 aromatic carbocycles. The standard InChI is InChI=1S/C15H22BrN5O2/c16-12-3-4-13(19-8-12)20-14(22)10-21-7-1-2-11(9-21)15(23)18-6-5-17/h3-4,8,11H,1-2,5-7,9-10,17H2,(H,18,23)(H,19,20,22). The minimum Gasteiger partial charge on any atom is -0.355 e. The highest BCUT2D eigenvalue weighted by atomic mass is 79.9. The van der Waals surface area contributed by atoms with Crippen LogP contribution in [0.2, 0.25) is 0 Å². The maximum absolute atomic E-state index is 12.1. The zero-order valence-electron chi connectivity index (χ0n) is 12.9. The molecule has 0 saturated carbocycles. The third-order valence-corrected chi connectivity index (χ3v) is 4.15. The lowest BCUT2D eigenvalue weighted by molar-refractivity contribution is -0.127. The second-order valence-electron chi connectivity index (χ2n) is 5.56. The summed E-state index contributed by atoms with van der Waals surface area (Å²) in [4.78, 5) is 30.2. The lowest BCUT2D eigenvalue weighted by atomic mass is 9.97. The van der Waals surface area contributed by atoms with Crippen LogP contribution in [0.3, 0.4) is 0 Å². The number of nitrogens with two attached hydrogens (primary N) is 1. The minimum atomic E-state index is -0.122. The highest BCUT2D eigenvalue weighted by Crippen LogP contribution is 2.16. The van der Waals surface area contributed by atoms with E-state index in [4.69, 9.17) is 5.73 Å². The fourth-order valence-corrected chi connectivity index (χ4v) is 2.82. The van der Waals surface area contributed by atoms with Crippen LogP contribution in [0, 0.1) is 5.92 Å². The van der Waals surface area contributed by atoms with Crippen molar-refractivity contribution in [3.8, 4) is 0 Å². The minimum absolute atomic E-state index is 0.0233. The van der Waals surface area contributed by atoms with Gasteiger partial charge in [0.25, 0.3) is 0 Å². The number of aromatic nitrogens is 1. The van der Waals surface area contributed by atoms with E-state index in [1.54, 1.807) is 12.3 Å². The molecule has 1 atom stereocenters. The second kappa shape index (κ2) is 8.95. The van der Waals surface area contributed by atoms with Crippen LogP contribution in [0.15, 0.2) is 22.8 Å². The van der Waals surface area contributed by atoms with E-state index >= 15 is 0 Å². The number of nitrogens with one attached hydrogen (secondary N) is 2. The first-order chi connectivity index (χ1) is 11.1. The summed E-state index contributed by atoms with van der Waals surface area (Å²) in [6.07, 6.45) is 3.39. The van der Waals surface area contributed by atoms with Gasteiger partial charge in [0.05, 0.1) is 12.5 Å². The molecule has 2 rings (SSSR count). The number of halogens is 1. The van der Waals surface area contributed by atoms with Gasteiger partial charge in [0.1, 0.15) is 5.82 Å². The lowest BCUT2D eigenvalue weighted by Gasteiger charge is -2.31. The number of hydrogen-bond acceptors (Lipinski definition) is 5. The van der Waals surface area contributed by atoms with Crippen LogP contribution < -0.4 is 16.4 Å². The van der Waals surface area contributed by atoms with Gasteiger partial charge in [-0.1, -0.05) is 0 Å². The molecule has 0 bridgehead atoms. The van der Waals surface area contributed by atoms with Crippen LogP contribution in [0.5, 0.6) is 0 Å². The molecule has 0 radical (unpaired) electrons. The van der Waals surface area contributed by atoms with Crippen molar-refractivity contribution in [3.05, 3.63) is 22.8 Å². The largest absolute Gasteiger partial charge is 0.355 e. The first-order valence-corrected chi connectivity index (χ1v) is 8.49. The third kappa shape index (κ3) is 5.89. The number of piperidine rings is 1. The third-order valence-electron chi connectivity index (χ3n) is 3.68. The number of likely N-dealkylation sites (tertiary alicyclic amines) is 1. The first kappa shape index (κ1) is 17.8. The number of amides is 2. The molecule has 8 heteroatoms. The van der Waals surface area contributed by atoms with Crippen LogP contribution in [-0.4, -0.2) is 54.4 Å². The maximum Gasteiger partial charge on any atom is 0.239 e. The Kier molecular flexibility index (Phi) is 6.94. The van der Waals surface area contributed by atoms with E-state index < -0.39 is 0 Å². The maximum atomic E-state index is 12.1. The number of carbonyl (C=O) groups excluding carboxylic acids is 2. The molecule has 2 heterocycles. The molecule has 0 spiro atoms. The molecule has 1 fully saturated rings. The molecule has 4 N–H and O–H groups in total. The van der Waals surface area contributed by atoms with Crippen molar-refractivity contribution in [1.29, 1.82) is 0 Å². The van der Waals surface area contributed by atoms with Gasteiger partial charge in [0, 0.05) is 30.3 Å². The van der Waals surface area contributed by atoms with E-state index in [9.17, 15) is 9.59 Å². The first-order valence-electron chi connectivity index (χ1n) is 7.70. The van der Waals surface area contributed by atoms with Gasteiger partial charge < -0.3 is 16.4 Å². The van der Waals surface area contributed by atoms with E-state index in [0.717, 1.165) is 23.9 Å². The fraction of sp³-hybridized carbons (Fsp3) is 0.533. The summed E-state index contributed by atoms with van der Waals surface area (Å²) in [5.74, 6) is 0.347. The number of pyridine rings is 1. The predicted octanol–water partition coefficient (Wildman–Crippen LogP) is 0.569. The van der Waals surface area contributed by atoms with Crippen molar-refractivity contribution in [2.45, 2.75) is 12.8 Å². The molecule has 126 valence electrons. The quantitative estimate of drug-likeness (QED) is 0.666. The van der Waals surface area contributed by atoms with Crippen molar-refractivity contribution in [2.24, 2.45) is 11.7 Å². The fourth-order valence-electron chi connectivity index (χ4n) is 2.59. The Morgan fingerprint density at radius 2 is 2.26 bits per heavy atom. The van der Waals surface area contributed by atoms with E-state index in [-0.39, 0.29) is 24.3 Å². The second-order valence-corrected chi connectivity index (χ2v) is 6.48. The Balaban J connectivity index is 1.81. The van der Waals surface area contributed by atoms with E-state index in [1.807, 2.05) is 11.0 Å². The zero-order valence-corrected chi connectivity index (χ0v) is 14.5. The summed E-state index contributed by atoms with van der Waals surface area (Å²) in [6, 6.07) is 3.56. The molecule has 1 aliphatic heterocycles. The number of carbonyl (C=O) groups is 2. The van der Waals surface area contributed by atoms with Gasteiger partial charge in [-0.3, -0.25) is 14.5 Å². The Morgan fingerprint density at radius 3 is 2.96 bits per heavy atom. The van der Waals surface area contributed by atoms with Crippen molar-refractivity contribution in [3.63, 3.8) is 0 Å². The normalized spacial score (nSPS) is 18.4. The molecule has 1 aromatic rings. The van der Waals surface area contributed by atoms with Gasteiger partial charge >= 0.3 is 0 Å². The van der Waals surface area contributed by atoms with Gasteiger partial charge in [0.2, 0.25) is 11.8 Å². The molecular weight excluding hydrogens is 362 g/mol. The average molecular weight is 384 g/mol. The molecular formula is C15H22BrN5O2. The Hall–Kier alpha value is -1.51. The summed E-state index contributed by atoms with van der Waals surface area (Å²) in [7, 11) is 0. The molecule has 7 nitrogen and oxygen atoms in total. The molecule has 1 aliphatic rings. The number of rotatable bonds is 6. The SMILES string of the molecule is NCCNC(=O)C1CCCN(CC(=O)Nc2ccc(Br)cn2)C1. The van der Waals surface area contributed by atoms with Crippen LogP contribution in [0.1, 0.15) is 12.8 Å². The summed E-state index contributed by atoms with van der Waals surface area (Å²) < 4.78 is 0.859.